The molecule has 4 aromatic rings. The molecule has 0 atom stereocenters. The van der Waals surface area contributed by atoms with Gasteiger partial charge in [0.2, 0.25) is 0 Å². The minimum Gasteiger partial charge on any atom is -0.478 e. The number of nitrogens with zero attached hydrogens (tertiary/aromatic N) is 2. The maximum Gasteiger partial charge on any atom is 0.335 e. The lowest BCUT2D eigenvalue weighted by atomic mass is 10.1. The largest absolute Gasteiger partial charge is 0.478 e. The van der Waals surface area contributed by atoms with Crippen LogP contribution in [0, 0.1) is 5.82 Å². The van der Waals surface area contributed by atoms with E-state index in [1.54, 1.807) is 28.8 Å². The van der Waals surface area contributed by atoms with E-state index in [9.17, 15) is 14.0 Å². The molecule has 0 aliphatic rings. The maximum absolute atomic E-state index is 14.4. The van der Waals surface area contributed by atoms with Crippen LogP contribution in [0.25, 0.3) is 26.4 Å². The van der Waals surface area contributed by atoms with E-state index in [1.165, 1.54) is 36.6 Å². The van der Waals surface area contributed by atoms with Crippen molar-refractivity contribution in [1.29, 1.82) is 0 Å². The highest BCUT2D eigenvalue weighted by atomic mass is 32.1. The number of carbonyl (C=O) groups excluding carboxylic acids is 1. The molecule has 130 valence electrons. The lowest BCUT2D eigenvalue weighted by Crippen LogP contribution is -2.17. The normalized spacial score (nSPS) is 11.2. The molecule has 0 aliphatic carbocycles. The Labute approximate surface area is 150 Å². The highest BCUT2D eigenvalue weighted by Crippen LogP contribution is 2.31. The number of aromatic carboxylic acids is 1. The van der Waals surface area contributed by atoms with Crippen LogP contribution in [-0.4, -0.2) is 33.4 Å². The van der Waals surface area contributed by atoms with Crippen molar-refractivity contribution in [3.8, 4) is 11.3 Å². The van der Waals surface area contributed by atoms with Gasteiger partial charge in [-0.15, -0.1) is 0 Å². The summed E-state index contributed by atoms with van der Waals surface area (Å²) in [6.45, 7) is 0. The van der Waals surface area contributed by atoms with Crippen LogP contribution < -0.4 is 5.32 Å². The topological polar surface area (TPSA) is 83.7 Å². The molecule has 0 saturated carbocycles. The Hall–Kier alpha value is -3.26. The Bertz CT molecular complexity index is 1200. The van der Waals surface area contributed by atoms with Gasteiger partial charge in [0.25, 0.3) is 5.91 Å². The number of thiazole rings is 1. The van der Waals surface area contributed by atoms with Crippen LogP contribution >= 0.6 is 11.3 Å². The molecule has 1 amide bonds. The lowest BCUT2D eigenvalue weighted by Gasteiger charge is -2.03. The maximum atomic E-state index is 14.4. The van der Waals surface area contributed by atoms with Crippen molar-refractivity contribution in [1.82, 2.24) is 14.7 Å². The van der Waals surface area contributed by atoms with E-state index >= 15 is 0 Å². The van der Waals surface area contributed by atoms with E-state index in [0.717, 1.165) is 10.2 Å². The second-order valence-corrected chi connectivity index (χ2v) is 6.65. The molecular weight excluding hydrogens is 357 g/mol. The van der Waals surface area contributed by atoms with Crippen molar-refractivity contribution in [2.45, 2.75) is 0 Å². The smallest absolute Gasteiger partial charge is 0.335 e. The van der Waals surface area contributed by atoms with Gasteiger partial charge < -0.3 is 10.4 Å². The van der Waals surface area contributed by atoms with E-state index in [2.05, 4.69) is 10.3 Å². The number of hydrogen-bond acceptors (Lipinski definition) is 4. The number of aromatic nitrogens is 2. The van der Waals surface area contributed by atoms with Gasteiger partial charge >= 0.3 is 5.97 Å². The number of halogens is 1. The molecule has 0 aliphatic heterocycles. The Kier molecular flexibility index (Phi) is 3.69. The third-order valence-electron chi connectivity index (χ3n) is 4.08. The monoisotopic (exact) mass is 369 g/mol. The molecule has 8 heteroatoms. The van der Waals surface area contributed by atoms with Crippen LogP contribution in [0.3, 0.4) is 0 Å². The second-order valence-electron chi connectivity index (χ2n) is 5.64. The zero-order valence-electron chi connectivity index (χ0n) is 13.5. The third-order valence-corrected chi connectivity index (χ3v) is 5.09. The van der Waals surface area contributed by atoms with Gasteiger partial charge in [-0.05, 0) is 36.4 Å². The highest BCUT2D eigenvalue weighted by molar-refractivity contribution is 7.23. The van der Waals surface area contributed by atoms with Crippen molar-refractivity contribution >= 4 is 38.4 Å². The Morgan fingerprint density at radius 3 is 2.65 bits per heavy atom. The summed E-state index contributed by atoms with van der Waals surface area (Å²) in [6, 6.07) is 9.07. The fourth-order valence-corrected chi connectivity index (χ4v) is 3.82. The first kappa shape index (κ1) is 16.2. The molecule has 2 aromatic heterocycles. The predicted molar refractivity (Wildman–Crippen MR) is 96.3 cm³/mol. The van der Waals surface area contributed by atoms with Gasteiger partial charge in [0.1, 0.15) is 5.82 Å². The minimum absolute atomic E-state index is 0.207. The summed E-state index contributed by atoms with van der Waals surface area (Å²) >= 11 is 1.33. The quantitative estimate of drug-likeness (QED) is 0.580. The number of carbonyl (C=O) groups is 2. The Morgan fingerprint density at radius 2 is 1.96 bits per heavy atom. The second kappa shape index (κ2) is 5.92. The van der Waals surface area contributed by atoms with Crippen molar-refractivity contribution in [3.05, 3.63) is 59.5 Å². The summed E-state index contributed by atoms with van der Waals surface area (Å²) in [5.74, 6) is -1.88. The molecule has 0 fully saturated rings. The summed E-state index contributed by atoms with van der Waals surface area (Å²) < 4.78 is 17.0. The van der Waals surface area contributed by atoms with E-state index in [0.29, 0.717) is 16.2 Å². The highest BCUT2D eigenvalue weighted by Gasteiger charge is 2.16. The first-order valence-electron chi connectivity index (χ1n) is 7.65. The fraction of sp³-hybridized carbons (Fsp3) is 0.0556. The van der Waals surface area contributed by atoms with Gasteiger partial charge in [-0.25, -0.2) is 14.2 Å². The number of imidazole rings is 1. The fourth-order valence-electron chi connectivity index (χ4n) is 2.77. The molecular formula is C18H12FN3O3S. The summed E-state index contributed by atoms with van der Waals surface area (Å²) in [5, 5.41) is 11.5. The van der Waals surface area contributed by atoms with Crippen molar-refractivity contribution in [2.24, 2.45) is 0 Å². The molecule has 0 spiro atoms. The lowest BCUT2D eigenvalue weighted by molar-refractivity contribution is 0.0696. The molecule has 4 rings (SSSR count). The van der Waals surface area contributed by atoms with Gasteiger partial charge in [-0.3, -0.25) is 9.20 Å². The van der Waals surface area contributed by atoms with Crippen molar-refractivity contribution in [2.75, 3.05) is 7.05 Å². The first-order valence-corrected chi connectivity index (χ1v) is 8.46. The molecule has 2 N–H and O–H groups in total. The standard InChI is InChI=1S/C18H12FN3O3S/c1-20-16(23)9-2-4-11(12(19)6-9)13-8-22-14-5-3-10(17(24)25)7-15(14)26-18(22)21-13/h2-8H,1H3,(H,20,23)(H,24,25). The number of hydrogen-bond donors (Lipinski definition) is 2. The first-order chi connectivity index (χ1) is 12.5. The van der Waals surface area contributed by atoms with Crippen molar-refractivity contribution in [3.63, 3.8) is 0 Å². The molecule has 0 saturated heterocycles. The van der Waals surface area contributed by atoms with E-state index in [-0.39, 0.29) is 17.0 Å². The number of nitrogens with one attached hydrogen (secondary N) is 1. The number of fused-ring (bicyclic) bond motifs is 3. The Morgan fingerprint density at radius 1 is 1.19 bits per heavy atom. The molecule has 2 heterocycles. The average molecular weight is 369 g/mol. The molecule has 2 aromatic carbocycles. The van der Waals surface area contributed by atoms with Gasteiger partial charge in [-0.2, -0.15) is 0 Å². The molecule has 0 unspecified atom stereocenters. The SMILES string of the molecule is CNC(=O)c1ccc(-c2cn3c(n2)sc2cc(C(=O)O)ccc23)c(F)c1. The van der Waals surface area contributed by atoms with E-state index in [1.807, 2.05) is 0 Å². The van der Waals surface area contributed by atoms with Gasteiger partial charge in [0, 0.05) is 24.4 Å². The van der Waals surface area contributed by atoms with Crippen LogP contribution in [0.1, 0.15) is 20.7 Å². The van der Waals surface area contributed by atoms with Crippen molar-refractivity contribution < 1.29 is 19.1 Å². The van der Waals surface area contributed by atoms with Gasteiger partial charge in [-0.1, -0.05) is 11.3 Å². The number of benzene rings is 2. The zero-order chi connectivity index (χ0) is 18.4. The third kappa shape index (κ3) is 2.51. The van der Waals surface area contributed by atoms with Gasteiger partial charge in [0.05, 0.1) is 21.5 Å². The zero-order valence-corrected chi connectivity index (χ0v) is 14.3. The molecule has 0 radical (unpaired) electrons. The van der Waals surface area contributed by atoms with Crippen LogP contribution in [0.5, 0.6) is 0 Å². The van der Waals surface area contributed by atoms with Crippen LogP contribution in [0.15, 0.2) is 42.6 Å². The van der Waals surface area contributed by atoms with E-state index in [4.69, 9.17) is 5.11 Å². The number of carboxylic acids is 1. The van der Waals surface area contributed by atoms with Gasteiger partial charge in [0.15, 0.2) is 4.96 Å². The summed E-state index contributed by atoms with van der Waals surface area (Å²) in [6.07, 6.45) is 1.70. The number of amides is 1. The summed E-state index contributed by atoms with van der Waals surface area (Å²) in [5.41, 5.74) is 1.99. The van der Waals surface area contributed by atoms with E-state index < -0.39 is 11.8 Å². The van der Waals surface area contributed by atoms with Crippen LogP contribution in [0.2, 0.25) is 0 Å². The summed E-state index contributed by atoms with van der Waals surface area (Å²) in [4.78, 5) is 27.8. The average Bonchev–Trinajstić information content (AvgIpc) is 3.17. The number of rotatable bonds is 3. The van der Waals surface area contributed by atoms with Crippen LogP contribution in [-0.2, 0) is 0 Å². The molecule has 26 heavy (non-hydrogen) atoms. The van der Waals surface area contributed by atoms with Crippen LogP contribution in [0.4, 0.5) is 4.39 Å². The predicted octanol–water partition coefficient (Wildman–Crippen LogP) is 3.41. The molecule has 6 nitrogen and oxygen atoms in total. The Balaban J connectivity index is 1.81. The summed E-state index contributed by atoms with van der Waals surface area (Å²) in [7, 11) is 1.48. The minimum atomic E-state index is -0.989. The molecule has 0 bridgehead atoms. The number of carboxylic acid groups (broad SMARTS) is 1.